The Morgan fingerprint density at radius 3 is 2.55 bits per heavy atom. The highest BCUT2D eigenvalue weighted by atomic mass is 32.2. The summed E-state index contributed by atoms with van der Waals surface area (Å²) in [5.41, 5.74) is 1.49. The van der Waals surface area contributed by atoms with Crippen molar-refractivity contribution in [1.82, 2.24) is 0 Å². The summed E-state index contributed by atoms with van der Waals surface area (Å²) < 4.78 is 32.7. The summed E-state index contributed by atoms with van der Waals surface area (Å²) in [5.74, 6) is 0.462. The van der Waals surface area contributed by atoms with E-state index in [1.54, 1.807) is 48.5 Å². The number of nitrogens with zero attached hydrogens (tertiary/aromatic N) is 1. The summed E-state index contributed by atoms with van der Waals surface area (Å²) in [4.78, 5) is 0.228. The second-order valence-corrected chi connectivity index (χ2v) is 7.10. The molecule has 2 aromatic rings. The molecule has 3 rings (SSSR count). The molecular formula is C16H17NO4S. The molecule has 22 heavy (non-hydrogen) atoms. The summed E-state index contributed by atoms with van der Waals surface area (Å²) in [7, 11) is -3.69. The Morgan fingerprint density at radius 2 is 1.86 bits per heavy atom. The van der Waals surface area contributed by atoms with E-state index in [1.165, 1.54) is 4.31 Å². The van der Waals surface area contributed by atoms with Gasteiger partial charge in [0.25, 0.3) is 10.0 Å². The average Bonchev–Trinajstić information content (AvgIpc) is 2.54. The molecule has 0 saturated heterocycles. The van der Waals surface area contributed by atoms with Gasteiger partial charge in [-0.2, -0.15) is 0 Å². The minimum Gasteiger partial charge on any atom is -0.484 e. The van der Waals surface area contributed by atoms with Crippen LogP contribution in [0, 0.1) is 6.92 Å². The lowest BCUT2D eigenvalue weighted by molar-refractivity contribution is 0.116. The highest BCUT2D eigenvalue weighted by molar-refractivity contribution is 7.92. The van der Waals surface area contributed by atoms with E-state index < -0.39 is 16.1 Å². The van der Waals surface area contributed by atoms with Crippen molar-refractivity contribution in [3.63, 3.8) is 0 Å². The maximum Gasteiger partial charge on any atom is 0.264 e. The van der Waals surface area contributed by atoms with Crippen LogP contribution in [-0.4, -0.2) is 32.8 Å². The fourth-order valence-corrected chi connectivity index (χ4v) is 3.93. The maximum atomic E-state index is 12.9. The monoisotopic (exact) mass is 319 g/mol. The first kappa shape index (κ1) is 14.9. The fourth-order valence-electron chi connectivity index (χ4n) is 2.42. The van der Waals surface area contributed by atoms with Gasteiger partial charge in [0, 0.05) is 0 Å². The zero-order chi connectivity index (χ0) is 15.7. The number of ether oxygens (including phenoxy) is 1. The van der Waals surface area contributed by atoms with Crippen molar-refractivity contribution in [3.8, 4) is 5.75 Å². The predicted molar refractivity (Wildman–Crippen MR) is 83.7 cm³/mol. The van der Waals surface area contributed by atoms with E-state index in [0.717, 1.165) is 5.56 Å². The van der Waals surface area contributed by atoms with Crippen molar-refractivity contribution in [2.45, 2.75) is 17.9 Å². The Balaban J connectivity index is 2.08. The number of benzene rings is 2. The molecule has 1 heterocycles. The number of aliphatic hydroxyl groups is 1. The van der Waals surface area contributed by atoms with E-state index in [1.807, 2.05) is 6.92 Å². The standard InChI is InChI=1S/C16H17NO4S/c1-12-6-8-14(9-7-12)22(19,20)17-10-13(11-18)21-16-5-3-2-4-15(16)17/h2-9,13,18H,10-11H2,1H3. The molecule has 0 saturated carbocycles. The molecule has 0 aliphatic carbocycles. The molecule has 1 atom stereocenters. The molecule has 0 fully saturated rings. The molecule has 116 valence electrons. The minimum absolute atomic E-state index is 0.0870. The van der Waals surface area contributed by atoms with Crippen LogP contribution in [0.1, 0.15) is 5.56 Å². The number of para-hydroxylation sites is 2. The van der Waals surface area contributed by atoms with E-state index >= 15 is 0 Å². The van der Waals surface area contributed by atoms with Gasteiger partial charge in [-0.05, 0) is 31.2 Å². The summed E-state index contributed by atoms with van der Waals surface area (Å²) in [6.45, 7) is 1.75. The third kappa shape index (κ3) is 2.55. The molecule has 6 heteroatoms. The van der Waals surface area contributed by atoms with Crippen LogP contribution in [0.15, 0.2) is 53.4 Å². The van der Waals surface area contributed by atoms with Gasteiger partial charge >= 0.3 is 0 Å². The summed E-state index contributed by atoms with van der Waals surface area (Å²) in [5, 5.41) is 9.36. The first-order valence-electron chi connectivity index (χ1n) is 6.98. The molecule has 0 spiro atoms. The third-order valence-corrected chi connectivity index (χ3v) is 5.40. The van der Waals surface area contributed by atoms with Gasteiger partial charge in [-0.1, -0.05) is 29.8 Å². The van der Waals surface area contributed by atoms with Gasteiger partial charge in [0.2, 0.25) is 0 Å². The average molecular weight is 319 g/mol. The van der Waals surface area contributed by atoms with Crippen LogP contribution < -0.4 is 9.04 Å². The molecule has 1 aliphatic rings. The van der Waals surface area contributed by atoms with E-state index in [0.29, 0.717) is 11.4 Å². The Morgan fingerprint density at radius 1 is 1.18 bits per heavy atom. The number of fused-ring (bicyclic) bond motifs is 1. The fraction of sp³-hybridized carbons (Fsp3) is 0.250. The number of rotatable bonds is 3. The summed E-state index contributed by atoms with van der Waals surface area (Å²) in [6, 6.07) is 13.7. The highest BCUT2D eigenvalue weighted by Crippen LogP contribution is 2.36. The van der Waals surface area contributed by atoms with Crippen molar-refractivity contribution in [2.24, 2.45) is 0 Å². The predicted octanol–water partition coefficient (Wildman–Crippen LogP) is 1.94. The second kappa shape index (κ2) is 5.62. The number of aliphatic hydroxyl groups excluding tert-OH is 1. The first-order chi connectivity index (χ1) is 10.5. The Labute approximate surface area is 129 Å². The lowest BCUT2D eigenvalue weighted by Crippen LogP contribution is -2.45. The van der Waals surface area contributed by atoms with Crippen molar-refractivity contribution in [2.75, 3.05) is 17.5 Å². The van der Waals surface area contributed by atoms with Crippen LogP contribution in [-0.2, 0) is 10.0 Å². The smallest absolute Gasteiger partial charge is 0.264 e. The number of aryl methyl sites for hydroxylation is 1. The van der Waals surface area contributed by atoms with E-state index in [9.17, 15) is 13.5 Å². The maximum absolute atomic E-state index is 12.9. The molecule has 0 bridgehead atoms. The number of hydrogen-bond donors (Lipinski definition) is 1. The van der Waals surface area contributed by atoms with E-state index in [4.69, 9.17) is 4.74 Å². The topological polar surface area (TPSA) is 66.8 Å². The third-order valence-electron chi connectivity index (χ3n) is 3.61. The van der Waals surface area contributed by atoms with Crippen LogP contribution in [0.2, 0.25) is 0 Å². The van der Waals surface area contributed by atoms with Gasteiger partial charge in [-0.25, -0.2) is 8.42 Å². The molecule has 0 radical (unpaired) electrons. The Kier molecular flexibility index (Phi) is 3.80. The van der Waals surface area contributed by atoms with Crippen molar-refractivity contribution in [1.29, 1.82) is 0 Å². The second-order valence-electron chi connectivity index (χ2n) is 5.24. The number of anilines is 1. The number of sulfonamides is 1. The molecule has 0 amide bonds. The van der Waals surface area contributed by atoms with Crippen LogP contribution in [0.3, 0.4) is 0 Å². The lowest BCUT2D eigenvalue weighted by Gasteiger charge is -2.34. The molecule has 0 aromatic heterocycles. The van der Waals surface area contributed by atoms with Crippen molar-refractivity contribution in [3.05, 3.63) is 54.1 Å². The quantitative estimate of drug-likeness (QED) is 0.939. The minimum atomic E-state index is -3.69. The molecule has 5 nitrogen and oxygen atoms in total. The zero-order valence-electron chi connectivity index (χ0n) is 12.1. The van der Waals surface area contributed by atoms with Gasteiger partial charge in [0.15, 0.2) is 0 Å². The molecule has 1 unspecified atom stereocenters. The summed E-state index contributed by atoms with van der Waals surface area (Å²) in [6.07, 6.45) is -0.574. The van der Waals surface area contributed by atoms with Crippen LogP contribution in [0.25, 0.3) is 0 Å². The first-order valence-corrected chi connectivity index (χ1v) is 8.42. The Hall–Kier alpha value is -2.05. The SMILES string of the molecule is Cc1ccc(S(=O)(=O)N2CC(CO)Oc3ccccc32)cc1. The van der Waals surface area contributed by atoms with Gasteiger partial charge in [0.1, 0.15) is 11.9 Å². The van der Waals surface area contributed by atoms with E-state index in [2.05, 4.69) is 0 Å². The van der Waals surface area contributed by atoms with Crippen LogP contribution >= 0.6 is 0 Å². The molecule has 2 aromatic carbocycles. The summed E-state index contributed by atoms with van der Waals surface area (Å²) >= 11 is 0. The van der Waals surface area contributed by atoms with Gasteiger partial charge < -0.3 is 9.84 Å². The van der Waals surface area contributed by atoms with Crippen molar-refractivity contribution < 1.29 is 18.3 Å². The normalized spacial score (nSPS) is 17.7. The van der Waals surface area contributed by atoms with Gasteiger partial charge in [-0.15, -0.1) is 0 Å². The van der Waals surface area contributed by atoms with Crippen LogP contribution in [0.5, 0.6) is 5.75 Å². The molecule has 1 N–H and O–H groups in total. The van der Waals surface area contributed by atoms with Gasteiger partial charge in [-0.3, -0.25) is 4.31 Å². The zero-order valence-corrected chi connectivity index (χ0v) is 13.0. The lowest BCUT2D eigenvalue weighted by atomic mass is 10.2. The Bertz CT molecular complexity index is 771. The van der Waals surface area contributed by atoms with Crippen molar-refractivity contribution >= 4 is 15.7 Å². The van der Waals surface area contributed by atoms with E-state index in [-0.39, 0.29) is 18.0 Å². The largest absolute Gasteiger partial charge is 0.484 e. The highest BCUT2D eigenvalue weighted by Gasteiger charge is 2.33. The van der Waals surface area contributed by atoms with Crippen LogP contribution in [0.4, 0.5) is 5.69 Å². The van der Waals surface area contributed by atoms with Gasteiger partial charge in [0.05, 0.1) is 23.7 Å². The molecular weight excluding hydrogens is 302 g/mol. The molecule has 1 aliphatic heterocycles. The number of hydrogen-bond acceptors (Lipinski definition) is 4.